The quantitative estimate of drug-likeness (QED) is 0.921. The Morgan fingerprint density at radius 1 is 1.15 bits per heavy atom. The number of ether oxygens (including phenoxy) is 1. The van der Waals surface area contributed by atoms with Gasteiger partial charge in [0.1, 0.15) is 0 Å². The Kier molecular flexibility index (Phi) is 3.71. The molecule has 1 N–H and O–H groups in total. The topological polar surface area (TPSA) is 50.5 Å². The fourth-order valence-electron chi connectivity index (χ4n) is 2.42. The first-order valence-electron chi connectivity index (χ1n) is 6.87. The van der Waals surface area contributed by atoms with E-state index in [1.54, 1.807) is 0 Å². The largest absolute Gasteiger partial charge is 0.392 e. The first kappa shape index (κ1) is 13.1. The zero-order chi connectivity index (χ0) is 13.9. The summed E-state index contributed by atoms with van der Waals surface area (Å²) in [6.07, 6.45) is 1.87. The van der Waals surface area contributed by atoms with Crippen molar-refractivity contribution in [3.05, 3.63) is 41.7 Å². The van der Waals surface area contributed by atoms with Crippen molar-refractivity contribution in [1.82, 2.24) is 9.78 Å². The number of aryl methyl sites for hydroxylation is 1. The van der Waals surface area contributed by atoms with E-state index >= 15 is 0 Å². The molecule has 1 saturated heterocycles. The van der Waals surface area contributed by atoms with Crippen LogP contribution in [-0.2, 0) is 11.3 Å². The molecular weight excluding hydrogens is 254 g/mol. The summed E-state index contributed by atoms with van der Waals surface area (Å²) in [5.41, 5.74) is 3.94. The van der Waals surface area contributed by atoms with Gasteiger partial charge in [-0.1, -0.05) is 0 Å². The van der Waals surface area contributed by atoms with E-state index in [2.05, 4.69) is 34.3 Å². The van der Waals surface area contributed by atoms with Crippen molar-refractivity contribution in [3.63, 3.8) is 0 Å². The number of aliphatic hydroxyl groups is 1. The molecule has 0 bridgehead atoms. The Bertz CT molecular complexity index is 571. The van der Waals surface area contributed by atoms with E-state index in [4.69, 9.17) is 4.74 Å². The maximum absolute atomic E-state index is 9.22. The summed E-state index contributed by atoms with van der Waals surface area (Å²) in [7, 11) is 0. The van der Waals surface area contributed by atoms with Crippen molar-refractivity contribution in [2.75, 3.05) is 31.2 Å². The molecule has 20 heavy (non-hydrogen) atoms. The lowest BCUT2D eigenvalue weighted by atomic mass is 10.2. The molecule has 0 aliphatic carbocycles. The second-order valence-corrected chi connectivity index (χ2v) is 4.96. The van der Waals surface area contributed by atoms with Crippen LogP contribution < -0.4 is 4.90 Å². The van der Waals surface area contributed by atoms with Crippen LogP contribution in [0, 0.1) is 6.92 Å². The third kappa shape index (κ3) is 2.55. The maximum Gasteiger partial charge on any atom is 0.0715 e. The molecule has 0 atom stereocenters. The van der Waals surface area contributed by atoms with Crippen LogP contribution in [-0.4, -0.2) is 41.2 Å². The minimum atomic E-state index is 0.0255. The fourth-order valence-corrected chi connectivity index (χ4v) is 2.42. The van der Waals surface area contributed by atoms with Gasteiger partial charge in [0.05, 0.1) is 31.2 Å². The number of aliphatic hydroxyl groups excluding tert-OH is 1. The highest BCUT2D eigenvalue weighted by atomic mass is 16.5. The molecule has 0 spiro atoms. The molecule has 1 aliphatic rings. The molecule has 0 saturated carbocycles. The molecule has 0 radical (unpaired) electrons. The van der Waals surface area contributed by atoms with Gasteiger partial charge in [-0.25, -0.2) is 4.68 Å². The molecule has 1 aromatic carbocycles. The van der Waals surface area contributed by atoms with Gasteiger partial charge in [-0.2, -0.15) is 5.10 Å². The van der Waals surface area contributed by atoms with E-state index in [0.29, 0.717) is 0 Å². The van der Waals surface area contributed by atoms with Crippen LogP contribution in [0.25, 0.3) is 5.69 Å². The number of rotatable bonds is 3. The van der Waals surface area contributed by atoms with Crippen LogP contribution in [0.5, 0.6) is 0 Å². The summed E-state index contributed by atoms with van der Waals surface area (Å²) >= 11 is 0. The van der Waals surface area contributed by atoms with E-state index in [-0.39, 0.29) is 6.61 Å². The number of hydrogen-bond acceptors (Lipinski definition) is 4. The molecule has 5 heteroatoms. The van der Waals surface area contributed by atoms with Crippen molar-refractivity contribution in [2.24, 2.45) is 0 Å². The highest BCUT2D eigenvalue weighted by Gasteiger charge is 2.11. The third-order valence-corrected chi connectivity index (χ3v) is 3.66. The number of hydrogen-bond donors (Lipinski definition) is 1. The van der Waals surface area contributed by atoms with Gasteiger partial charge in [0.25, 0.3) is 0 Å². The highest BCUT2D eigenvalue weighted by molar-refractivity contribution is 5.51. The fraction of sp³-hybridized carbons (Fsp3) is 0.400. The smallest absolute Gasteiger partial charge is 0.0715 e. The molecule has 5 nitrogen and oxygen atoms in total. The molecule has 106 valence electrons. The van der Waals surface area contributed by atoms with E-state index in [1.165, 1.54) is 5.69 Å². The van der Waals surface area contributed by atoms with Gasteiger partial charge >= 0.3 is 0 Å². The van der Waals surface area contributed by atoms with Crippen molar-refractivity contribution >= 4 is 5.69 Å². The summed E-state index contributed by atoms with van der Waals surface area (Å²) < 4.78 is 7.17. The SMILES string of the molecule is Cc1nn(-c2ccc(N3CCOCC3)cc2)cc1CO. The Morgan fingerprint density at radius 3 is 2.40 bits per heavy atom. The second kappa shape index (κ2) is 5.64. The molecule has 1 aromatic heterocycles. The highest BCUT2D eigenvalue weighted by Crippen LogP contribution is 2.19. The van der Waals surface area contributed by atoms with Gasteiger partial charge in [-0.15, -0.1) is 0 Å². The predicted molar refractivity (Wildman–Crippen MR) is 77.3 cm³/mol. The lowest BCUT2D eigenvalue weighted by molar-refractivity contribution is 0.122. The monoisotopic (exact) mass is 273 g/mol. The average Bonchev–Trinajstić information content (AvgIpc) is 2.89. The standard InChI is InChI=1S/C15H19N3O2/c1-12-13(11-19)10-18(16-12)15-4-2-14(3-5-15)17-6-8-20-9-7-17/h2-5,10,19H,6-9,11H2,1H3. The van der Waals surface area contributed by atoms with Crippen LogP contribution in [0.3, 0.4) is 0 Å². The number of nitrogens with zero attached hydrogens (tertiary/aromatic N) is 3. The third-order valence-electron chi connectivity index (χ3n) is 3.66. The van der Waals surface area contributed by atoms with Gasteiger partial charge in [0, 0.05) is 30.5 Å². The van der Waals surface area contributed by atoms with Gasteiger partial charge in [-0.05, 0) is 31.2 Å². The van der Waals surface area contributed by atoms with Crippen molar-refractivity contribution in [1.29, 1.82) is 0 Å². The van der Waals surface area contributed by atoms with E-state index in [9.17, 15) is 5.11 Å². The molecule has 1 aliphatic heterocycles. The molecule has 3 rings (SSSR count). The Hall–Kier alpha value is -1.85. The zero-order valence-electron chi connectivity index (χ0n) is 11.6. The summed E-state index contributed by atoms with van der Waals surface area (Å²) in [6, 6.07) is 8.32. The van der Waals surface area contributed by atoms with Crippen LogP contribution in [0.4, 0.5) is 5.69 Å². The average molecular weight is 273 g/mol. The molecule has 0 amide bonds. The summed E-state index contributed by atoms with van der Waals surface area (Å²) in [5.74, 6) is 0. The van der Waals surface area contributed by atoms with Crippen LogP contribution in [0.1, 0.15) is 11.3 Å². The molecular formula is C15H19N3O2. The van der Waals surface area contributed by atoms with Gasteiger partial charge in [-0.3, -0.25) is 0 Å². The first-order valence-corrected chi connectivity index (χ1v) is 6.87. The second-order valence-electron chi connectivity index (χ2n) is 4.96. The minimum absolute atomic E-state index is 0.0255. The van der Waals surface area contributed by atoms with Crippen molar-refractivity contribution < 1.29 is 9.84 Å². The normalized spacial score (nSPS) is 15.6. The molecule has 2 aromatic rings. The Balaban J connectivity index is 1.81. The van der Waals surface area contributed by atoms with Gasteiger partial charge < -0.3 is 14.7 Å². The first-order chi connectivity index (χ1) is 9.78. The summed E-state index contributed by atoms with van der Waals surface area (Å²) in [5, 5.41) is 13.6. The number of benzene rings is 1. The lowest BCUT2D eigenvalue weighted by Crippen LogP contribution is -2.36. The molecule has 1 fully saturated rings. The zero-order valence-corrected chi connectivity index (χ0v) is 11.6. The van der Waals surface area contributed by atoms with Gasteiger partial charge in [0.2, 0.25) is 0 Å². The van der Waals surface area contributed by atoms with E-state index < -0.39 is 0 Å². The van der Waals surface area contributed by atoms with Crippen LogP contribution in [0.2, 0.25) is 0 Å². The number of aromatic nitrogens is 2. The van der Waals surface area contributed by atoms with Crippen LogP contribution in [0.15, 0.2) is 30.5 Å². The van der Waals surface area contributed by atoms with E-state index in [1.807, 2.05) is 17.8 Å². The Labute approximate surface area is 118 Å². The van der Waals surface area contributed by atoms with Crippen molar-refractivity contribution in [2.45, 2.75) is 13.5 Å². The minimum Gasteiger partial charge on any atom is -0.392 e. The molecule has 2 heterocycles. The Morgan fingerprint density at radius 2 is 1.80 bits per heavy atom. The van der Waals surface area contributed by atoms with Gasteiger partial charge in [0.15, 0.2) is 0 Å². The van der Waals surface area contributed by atoms with Crippen LogP contribution >= 0.6 is 0 Å². The van der Waals surface area contributed by atoms with E-state index in [0.717, 1.165) is 43.2 Å². The molecule has 0 unspecified atom stereocenters. The number of anilines is 1. The lowest BCUT2D eigenvalue weighted by Gasteiger charge is -2.28. The maximum atomic E-state index is 9.22. The summed E-state index contributed by atoms with van der Waals surface area (Å²) in [4.78, 5) is 2.32. The predicted octanol–water partition coefficient (Wildman–Crippen LogP) is 1.51. The van der Waals surface area contributed by atoms with Crippen molar-refractivity contribution in [3.8, 4) is 5.69 Å². The number of morpholine rings is 1. The summed E-state index contributed by atoms with van der Waals surface area (Å²) in [6.45, 7) is 5.39.